The summed E-state index contributed by atoms with van der Waals surface area (Å²) >= 11 is 6.05. The largest absolute Gasteiger partial charge is 0.457 e. The van der Waals surface area contributed by atoms with E-state index in [4.69, 9.17) is 16.0 Å². The molecule has 1 heterocycles. The standard InChI is InChI=1S/C21H15ClN2O2/c1-14-7-8-16(22)12-19(14)20-10-9-18(26-20)11-15(13-23)21(25)24-17-5-3-2-4-6-17/h2-12H,1H3,(H,24,25)/b15-11-. The number of hydrogen-bond donors (Lipinski definition) is 1. The van der Waals surface area contributed by atoms with Crippen molar-refractivity contribution in [2.24, 2.45) is 0 Å². The van der Waals surface area contributed by atoms with Gasteiger partial charge in [-0.1, -0.05) is 35.9 Å². The molecule has 0 saturated carbocycles. The zero-order chi connectivity index (χ0) is 18.5. The lowest BCUT2D eigenvalue weighted by molar-refractivity contribution is -0.112. The summed E-state index contributed by atoms with van der Waals surface area (Å²) in [6.07, 6.45) is 1.42. The Kier molecular flexibility index (Phi) is 5.21. The Hall–Kier alpha value is -3.29. The van der Waals surface area contributed by atoms with Gasteiger partial charge in [-0.2, -0.15) is 5.26 Å². The second kappa shape index (κ2) is 7.73. The van der Waals surface area contributed by atoms with Crippen LogP contribution in [0, 0.1) is 18.3 Å². The molecule has 0 atom stereocenters. The zero-order valence-corrected chi connectivity index (χ0v) is 14.7. The fraction of sp³-hybridized carbons (Fsp3) is 0.0476. The third kappa shape index (κ3) is 4.02. The maximum absolute atomic E-state index is 12.3. The van der Waals surface area contributed by atoms with Crippen LogP contribution in [-0.2, 0) is 4.79 Å². The van der Waals surface area contributed by atoms with Crippen LogP contribution in [-0.4, -0.2) is 5.91 Å². The van der Waals surface area contributed by atoms with E-state index in [1.54, 1.807) is 36.4 Å². The zero-order valence-electron chi connectivity index (χ0n) is 14.0. The predicted molar refractivity (Wildman–Crippen MR) is 103 cm³/mol. The van der Waals surface area contributed by atoms with Crippen molar-refractivity contribution in [1.29, 1.82) is 5.26 Å². The number of nitrogens with zero attached hydrogens (tertiary/aromatic N) is 1. The van der Waals surface area contributed by atoms with Gasteiger partial charge in [0.25, 0.3) is 5.91 Å². The molecule has 1 aromatic heterocycles. The molecule has 4 nitrogen and oxygen atoms in total. The van der Waals surface area contributed by atoms with Gasteiger partial charge in [-0.25, -0.2) is 0 Å². The van der Waals surface area contributed by atoms with Gasteiger partial charge in [0, 0.05) is 22.3 Å². The molecular weight excluding hydrogens is 348 g/mol. The van der Waals surface area contributed by atoms with Gasteiger partial charge >= 0.3 is 0 Å². The Morgan fingerprint density at radius 3 is 2.65 bits per heavy atom. The summed E-state index contributed by atoms with van der Waals surface area (Å²) in [6, 6.07) is 19.9. The molecule has 0 saturated heterocycles. The number of rotatable bonds is 4. The van der Waals surface area contributed by atoms with Crippen molar-refractivity contribution in [2.45, 2.75) is 6.92 Å². The molecule has 0 bridgehead atoms. The number of para-hydroxylation sites is 1. The minimum Gasteiger partial charge on any atom is -0.457 e. The molecule has 0 radical (unpaired) electrons. The van der Waals surface area contributed by atoms with Gasteiger partial charge in [0.15, 0.2) is 0 Å². The van der Waals surface area contributed by atoms with Crippen LogP contribution in [0.1, 0.15) is 11.3 Å². The topological polar surface area (TPSA) is 66.0 Å². The Morgan fingerprint density at radius 1 is 1.15 bits per heavy atom. The fourth-order valence-corrected chi connectivity index (χ4v) is 2.62. The number of nitriles is 1. The molecule has 128 valence electrons. The highest BCUT2D eigenvalue weighted by atomic mass is 35.5. The lowest BCUT2D eigenvalue weighted by atomic mass is 10.1. The Balaban J connectivity index is 1.84. The van der Waals surface area contributed by atoms with Gasteiger partial charge in [0.1, 0.15) is 23.2 Å². The highest BCUT2D eigenvalue weighted by Gasteiger charge is 2.12. The maximum Gasteiger partial charge on any atom is 0.266 e. The summed E-state index contributed by atoms with van der Waals surface area (Å²) in [7, 11) is 0. The molecule has 0 unspecified atom stereocenters. The normalized spacial score (nSPS) is 11.0. The van der Waals surface area contributed by atoms with Crippen LogP contribution in [0.4, 0.5) is 5.69 Å². The summed E-state index contributed by atoms with van der Waals surface area (Å²) in [5.41, 5.74) is 2.46. The molecule has 26 heavy (non-hydrogen) atoms. The van der Waals surface area contributed by atoms with Crippen molar-refractivity contribution in [3.8, 4) is 17.4 Å². The number of anilines is 1. The van der Waals surface area contributed by atoms with Crippen LogP contribution >= 0.6 is 11.6 Å². The van der Waals surface area contributed by atoms with E-state index in [9.17, 15) is 10.1 Å². The van der Waals surface area contributed by atoms with Crippen LogP contribution in [0.3, 0.4) is 0 Å². The molecule has 1 amide bonds. The molecule has 2 aromatic carbocycles. The van der Waals surface area contributed by atoms with Crippen molar-refractivity contribution in [1.82, 2.24) is 0 Å². The number of amides is 1. The fourth-order valence-electron chi connectivity index (χ4n) is 2.45. The van der Waals surface area contributed by atoms with Gasteiger partial charge in [0.05, 0.1) is 0 Å². The Labute approximate surface area is 156 Å². The molecule has 1 N–H and O–H groups in total. The highest BCUT2D eigenvalue weighted by molar-refractivity contribution is 6.30. The lowest BCUT2D eigenvalue weighted by Crippen LogP contribution is -2.13. The van der Waals surface area contributed by atoms with Crippen molar-refractivity contribution in [2.75, 3.05) is 5.32 Å². The average molecular weight is 363 g/mol. The van der Waals surface area contributed by atoms with Gasteiger partial charge in [-0.05, 0) is 48.9 Å². The summed E-state index contributed by atoms with van der Waals surface area (Å²) in [6.45, 7) is 1.96. The first-order valence-corrected chi connectivity index (χ1v) is 8.29. The number of aryl methyl sites for hydroxylation is 1. The number of nitrogens with one attached hydrogen (secondary N) is 1. The van der Waals surface area contributed by atoms with E-state index in [0.29, 0.717) is 22.2 Å². The Morgan fingerprint density at radius 2 is 1.92 bits per heavy atom. The first kappa shape index (κ1) is 17.5. The molecule has 0 fully saturated rings. The second-order valence-corrected chi connectivity index (χ2v) is 6.09. The molecular formula is C21H15ClN2O2. The van der Waals surface area contributed by atoms with Gasteiger partial charge in [-0.3, -0.25) is 4.79 Å². The van der Waals surface area contributed by atoms with Gasteiger partial charge in [-0.15, -0.1) is 0 Å². The van der Waals surface area contributed by atoms with E-state index in [1.807, 2.05) is 37.3 Å². The van der Waals surface area contributed by atoms with Gasteiger partial charge < -0.3 is 9.73 Å². The monoisotopic (exact) mass is 362 g/mol. The molecule has 0 aliphatic heterocycles. The number of carbonyl (C=O) groups is 1. The average Bonchev–Trinajstić information content (AvgIpc) is 3.11. The lowest BCUT2D eigenvalue weighted by Gasteiger charge is -2.04. The van der Waals surface area contributed by atoms with Crippen molar-refractivity contribution in [3.63, 3.8) is 0 Å². The SMILES string of the molecule is Cc1ccc(Cl)cc1-c1ccc(/C=C(/C#N)C(=O)Nc2ccccc2)o1. The first-order valence-electron chi connectivity index (χ1n) is 7.91. The van der Waals surface area contributed by atoms with E-state index in [-0.39, 0.29) is 5.57 Å². The maximum atomic E-state index is 12.3. The molecule has 3 rings (SSSR count). The summed E-state index contributed by atoms with van der Waals surface area (Å²) in [5, 5.41) is 12.6. The van der Waals surface area contributed by atoms with Crippen LogP contribution in [0.15, 0.2) is 70.7 Å². The minimum atomic E-state index is -0.490. The van der Waals surface area contributed by atoms with Gasteiger partial charge in [0.2, 0.25) is 0 Å². The van der Waals surface area contributed by atoms with E-state index < -0.39 is 5.91 Å². The van der Waals surface area contributed by atoms with E-state index >= 15 is 0 Å². The summed E-state index contributed by atoms with van der Waals surface area (Å²) in [5.74, 6) is 0.548. The summed E-state index contributed by atoms with van der Waals surface area (Å²) in [4.78, 5) is 12.3. The number of carbonyl (C=O) groups excluding carboxylic acids is 1. The van der Waals surface area contributed by atoms with Crippen molar-refractivity contribution in [3.05, 3.63) is 82.6 Å². The van der Waals surface area contributed by atoms with E-state index in [1.165, 1.54) is 6.08 Å². The van der Waals surface area contributed by atoms with Crippen LogP contribution in [0.5, 0.6) is 0 Å². The highest BCUT2D eigenvalue weighted by Crippen LogP contribution is 2.29. The van der Waals surface area contributed by atoms with Crippen molar-refractivity contribution < 1.29 is 9.21 Å². The number of benzene rings is 2. The van der Waals surface area contributed by atoms with Crippen LogP contribution in [0.2, 0.25) is 5.02 Å². The molecule has 0 aliphatic carbocycles. The minimum absolute atomic E-state index is 0.0439. The predicted octanol–water partition coefficient (Wildman–Crippen LogP) is 5.45. The molecule has 5 heteroatoms. The second-order valence-electron chi connectivity index (χ2n) is 5.65. The van der Waals surface area contributed by atoms with E-state index in [0.717, 1.165) is 11.1 Å². The van der Waals surface area contributed by atoms with E-state index in [2.05, 4.69) is 5.32 Å². The third-order valence-corrected chi connectivity index (χ3v) is 4.01. The quantitative estimate of drug-likeness (QED) is 0.495. The smallest absolute Gasteiger partial charge is 0.266 e. The number of halogens is 1. The number of furan rings is 1. The summed E-state index contributed by atoms with van der Waals surface area (Å²) < 4.78 is 5.77. The first-order chi connectivity index (χ1) is 12.6. The molecule has 3 aromatic rings. The van der Waals surface area contributed by atoms with Crippen molar-refractivity contribution >= 4 is 29.3 Å². The third-order valence-electron chi connectivity index (χ3n) is 3.78. The van der Waals surface area contributed by atoms with Crippen LogP contribution < -0.4 is 5.32 Å². The molecule has 0 spiro atoms. The molecule has 0 aliphatic rings. The van der Waals surface area contributed by atoms with Crippen LogP contribution in [0.25, 0.3) is 17.4 Å². The Bertz CT molecular complexity index is 1010. The number of hydrogen-bond acceptors (Lipinski definition) is 3.